The lowest BCUT2D eigenvalue weighted by molar-refractivity contribution is 1.06. The predicted octanol–water partition coefficient (Wildman–Crippen LogP) is 2.64. The van der Waals surface area contributed by atoms with Crippen molar-refractivity contribution >= 4 is 46.4 Å². The lowest BCUT2D eigenvalue weighted by Gasteiger charge is -2.02. The minimum Gasteiger partial charge on any atom is -0.125 e. The lowest BCUT2D eigenvalue weighted by Crippen LogP contribution is -2.08. The molecule has 0 nitrogen and oxygen atoms in total. The second kappa shape index (κ2) is 4.08. The van der Waals surface area contributed by atoms with E-state index in [0.29, 0.717) is 5.88 Å². The second-order valence-corrected chi connectivity index (χ2v) is 3.04. The zero-order chi connectivity index (χ0) is 5.86. The number of rotatable bonds is 2. The summed E-state index contributed by atoms with van der Waals surface area (Å²) in [6, 6.07) is 0. The molecule has 1 atom stereocenters. The highest BCUT2D eigenvalue weighted by molar-refractivity contribution is 6.49. The van der Waals surface area contributed by atoms with Gasteiger partial charge in [0, 0.05) is 5.88 Å². The van der Waals surface area contributed by atoms with Crippen molar-refractivity contribution in [1.82, 2.24) is 0 Å². The van der Waals surface area contributed by atoms with Crippen molar-refractivity contribution in [3.63, 3.8) is 0 Å². The number of halogens is 4. The molecule has 0 radical (unpaired) electrons. The molecule has 0 saturated carbocycles. The van der Waals surface area contributed by atoms with Gasteiger partial charge in [-0.1, -0.05) is 0 Å². The summed E-state index contributed by atoms with van der Waals surface area (Å²) in [6.07, 6.45) is 0. The molecule has 0 N–H and O–H groups in total. The van der Waals surface area contributed by atoms with E-state index in [1.165, 1.54) is 0 Å². The molecule has 0 aliphatic heterocycles. The van der Waals surface area contributed by atoms with Crippen LogP contribution in [0.2, 0.25) is 0 Å². The molecule has 0 saturated heterocycles. The molecule has 0 rings (SSSR count). The van der Waals surface area contributed by atoms with Gasteiger partial charge in [0.25, 0.3) is 0 Å². The Labute approximate surface area is 62.7 Å². The molecule has 0 aromatic heterocycles. The smallest absolute Gasteiger partial charge is 0.125 e. The summed E-state index contributed by atoms with van der Waals surface area (Å²) < 4.78 is 0. The molecule has 0 aromatic rings. The Morgan fingerprint density at radius 1 is 1.14 bits per heavy atom. The third-order valence-electron chi connectivity index (χ3n) is 0.421. The topological polar surface area (TPSA) is 0 Å². The molecule has 0 bridgehead atoms. The summed E-state index contributed by atoms with van der Waals surface area (Å²) in [5.41, 5.74) is 0. The van der Waals surface area contributed by atoms with Crippen molar-refractivity contribution in [3.05, 3.63) is 0 Å². The minimum atomic E-state index is -0.556. The third kappa shape index (κ3) is 3.72. The van der Waals surface area contributed by atoms with E-state index in [9.17, 15) is 0 Å². The summed E-state index contributed by atoms with van der Waals surface area (Å²) in [7, 11) is 0. The summed E-state index contributed by atoms with van der Waals surface area (Å²) in [5, 5.41) is -0.329. The van der Waals surface area contributed by atoms with Gasteiger partial charge in [-0.25, -0.2) is 0 Å². The maximum Gasteiger partial charge on any atom is 0.125 e. The molecule has 0 heterocycles. The highest BCUT2D eigenvalue weighted by atomic mass is 35.5. The van der Waals surface area contributed by atoms with Crippen LogP contribution in [0.3, 0.4) is 0 Å². The van der Waals surface area contributed by atoms with Gasteiger partial charge in [0.05, 0.1) is 5.38 Å². The minimum absolute atomic E-state index is 0.291. The summed E-state index contributed by atoms with van der Waals surface area (Å²) in [6.45, 7) is 0. The van der Waals surface area contributed by atoms with Crippen molar-refractivity contribution in [2.24, 2.45) is 0 Å². The first-order valence-electron chi connectivity index (χ1n) is 1.66. The van der Waals surface area contributed by atoms with Crippen LogP contribution in [0.5, 0.6) is 0 Å². The van der Waals surface area contributed by atoms with Gasteiger partial charge in [-0.3, -0.25) is 0 Å². The molecule has 0 aliphatic carbocycles. The average Bonchev–Trinajstić information content (AvgIpc) is 1.65. The van der Waals surface area contributed by atoms with Crippen LogP contribution in [0.1, 0.15) is 0 Å². The zero-order valence-corrected chi connectivity index (χ0v) is 6.40. The first kappa shape index (κ1) is 8.16. The quantitative estimate of drug-likeness (QED) is 0.575. The fourth-order valence-electron chi connectivity index (χ4n) is 0.0673. The van der Waals surface area contributed by atoms with Gasteiger partial charge in [-0.05, 0) is 0 Å². The number of hydrogen-bond donors (Lipinski definition) is 0. The molecule has 0 unspecified atom stereocenters. The van der Waals surface area contributed by atoms with Gasteiger partial charge < -0.3 is 0 Å². The molecule has 0 fully saturated rings. The Morgan fingerprint density at radius 2 is 1.57 bits per heavy atom. The molecule has 0 amide bonds. The SMILES string of the molecule is ClC[C@H](Cl)C(Cl)Cl. The van der Waals surface area contributed by atoms with Crippen molar-refractivity contribution in [1.29, 1.82) is 0 Å². The van der Waals surface area contributed by atoms with Crippen molar-refractivity contribution < 1.29 is 0 Å². The van der Waals surface area contributed by atoms with E-state index in [1.807, 2.05) is 0 Å². The van der Waals surface area contributed by atoms with E-state index in [1.54, 1.807) is 0 Å². The maximum absolute atomic E-state index is 5.40. The lowest BCUT2D eigenvalue weighted by atomic mass is 10.5. The van der Waals surface area contributed by atoms with E-state index < -0.39 is 4.84 Å². The maximum atomic E-state index is 5.40. The van der Waals surface area contributed by atoms with Crippen LogP contribution >= 0.6 is 46.4 Å². The van der Waals surface area contributed by atoms with Crippen molar-refractivity contribution in [3.8, 4) is 0 Å². The van der Waals surface area contributed by atoms with Gasteiger partial charge in [0.2, 0.25) is 0 Å². The van der Waals surface area contributed by atoms with E-state index in [0.717, 1.165) is 0 Å². The molecule has 44 valence electrons. The van der Waals surface area contributed by atoms with Crippen LogP contribution in [0.25, 0.3) is 0 Å². The molecule has 0 spiro atoms. The van der Waals surface area contributed by atoms with Gasteiger partial charge in [0.15, 0.2) is 0 Å². The van der Waals surface area contributed by atoms with Crippen LogP contribution < -0.4 is 0 Å². The Kier molecular flexibility index (Phi) is 4.76. The average molecular weight is 182 g/mol. The largest absolute Gasteiger partial charge is 0.125 e. The van der Waals surface area contributed by atoms with Crippen molar-refractivity contribution in [2.45, 2.75) is 10.2 Å². The van der Waals surface area contributed by atoms with Crippen LogP contribution in [0.15, 0.2) is 0 Å². The fraction of sp³-hybridized carbons (Fsp3) is 1.00. The second-order valence-electron chi connectivity index (χ2n) is 1.00. The van der Waals surface area contributed by atoms with E-state index in [2.05, 4.69) is 0 Å². The molecule has 0 aromatic carbocycles. The third-order valence-corrected chi connectivity index (χ3v) is 2.18. The highest BCUT2D eigenvalue weighted by Crippen LogP contribution is 2.14. The fourth-order valence-corrected chi connectivity index (χ4v) is 0.606. The first-order chi connectivity index (χ1) is 3.18. The van der Waals surface area contributed by atoms with Gasteiger partial charge in [0.1, 0.15) is 4.84 Å². The molecule has 7 heavy (non-hydrogen) atoms. The van der Waals surface area contributed by atoms with Crippen LogP contribution in [0, 0.1) is 0 Å². The van der Waals surface area contributed by atoms with Gasteiger partial charge >= 0.3 is 0 Å². The Bertz CT molecular complexity index is 44.2. The van der Waals surface area contributed by atoms with Crippen LogP contribution in [-0.4, -0.2) is 16.1 Å². The van der Waals surface area contributed by atoms with E-state index in [4.69, 9.17) is 46.4 Å². The van der Waals surface area contributed by atoms with Crippen LogP contribution in [0.4, 0.5) is 0 Å². The normalized spacial score (nSPS) is 15.0. The first-order valence-corrected chi connectivity index (χ1v) is 3.51. The predicted molar refractivity (Wildman–Crippen MR) is 35.9 cm³/mol. The van der Waals surface area contributed by atoms with E-state index >= 15 is 0 Å². The number of hydrogen-bond acceptors (Lipinski definition) is 0. The van der Waals surface area contributed by atoms with E-state index in [-0.39, 0.29) is 5.38 Å². The van der Waals surface area contributed by atoms with Crippen molar-refractivity contribution in [2.75, 3.05) is 5.88 Å². The molecule has 0 aliphatic rings. The number of alkyl halides is 4. The monoisotopic (exact) mass is 180 g/mol. The highest BCUT2D eigenvalue weighted by Gasteiger charge is 2.10. The summed E-state index contributed by atoms with van der Waals surface area (Å²) in [5.74, 6) is 0.291. The molecule has 4 heteroatoms. The Morgan fingerprint density at radius 3 is 1.57 bits per heavy atom. The standard InChI is InChI=1S/C3H4Cl4/c4-1-2(5)3(6)7/h2-3H,1H2/t2-/m0/s1. The van der Waals surface area contributed by atoms with Gasteiger partial charge in [-0.15, -0.1) is 46.4 Å². The Balaban J connectivity index is 3.14. The zero-order valence-electron chi connectivity index (χ0n) is 3.37. The van der Waals surface area contributed by atoms with Gasteiger partial charge in [-0.2, -0.15) is 0 Å². The molecular formula is C3H4Cl4. The van der Waals surface area contributed by atoms with Crippen LogP contribution in [-0.2, 0) is 0 Å². The summed E-state index contributed by atoms with van der Waals surface area (Å²) >= 11 is 21.2. The Hall–Kier alpha value is 1.16. The molecular weight excluding hydrogens is 178 g/mol. The summed E-state index contributed by atoms with van der Waals surface area (Å²) in [4.78, 5) is -0.556.